The molecular formula is C37H52O8. The quantitative estimate of drug-likeness (QED) is 0.155. The minimum absolute atomic E-state index is 0.112. The van der Waals surface area contributed by atoms with Gasteiger partial charge in [0, 0.05) is 46.2 Å². The van der Waals surface area contributed by atoms with Crippen LogP contribution >= 0.6 is 0 Å². The van der Waals surface area contributed by atoms with E-state index in [4.69, 9.17) is 9.47 Å². The molecule has 0 heterocycles. The first-order chi connectivity index (χ1) is 20.3. The minimum Gasteiger partial charge on any atom is -0.507 e. The van der Waals surface area contributed by atoms with E-state index in [0.29, 0.717) is 33.4 Å². The molecule has 45 heavy (non-hydrogen) atoms. The van der Waals surface area contributed by atoms with Crippen LogP contribution in [-0.2, 0) is 40.7 Å². The van der Waals surface area contributed by atoms with Gasteiger partial charge in [0.1, 0.15) is 11.5 Å². The van der Waals surface area contributed by atoms with Gasteiger partial charge < -0.3 is 19.7 Å². The SMILES string of the molecule is CC(C)(C)c1cc(C(=O)CCC(=O)OCOC(=O)CCC(=O)c2cc(C(C)(C)C)c(O)c(C(C)(C)C)c2)cc(C(C)(C)C)c1O. The van der Waals surface area contributed by atoms with E-state index in [1.807, 2.05) is 83.1 Å². The second-order valence-corrected chi connectivity index (χ2v) is 15.8. The van der Waals surface area contributed by atoms with Crippen molar-refractivity contribution in [2.24, 2.45) is 0 Å². The van der Waals surface area contributed by atoms with Crippen LogP contribution in [0.15, 0.2) is 24.3 Å². The zero-order chi connectivity index (χ0) is 34.7. The number of ketones is 2. The molecule has 0 spiro atoms. The van der Waals surface area contributed by atoms with Gasteiger partial charge in [-0.15, -0.1) is 0 Å². The third kappa shape index (κ3) is 10.2. The lowest BCUT2D eigenvalue weighted by atomic mass is 9.78. The molecular weight excluding hydrogens is 572 g/mol. The summed E-state index contributed by atoms with van der Waals surface area (Å²) in [5.74, 6) is -1.60. The number of hydrogen-bond acceptors (Lipinski definition) is 8. The molecule has 0 atom stereocenters. The summed E-state index contributed by atoms with van der Waals surface area (Å²) in [5, 5.41) is 21.8. The van der Waals surface area contributed by atoms with Crippen molar-refractivity contribution in [2.75, 3.05) is 6.79 Å². The lowest BCUT2D eigenvalue weighted by molar-refractivity contribution is -0.167. The maximum Gasteiger partial charge on any atom is 0.309 e. The number of hydrogen-bond donors (Lipinski definition) is 2. The fraction of sp³-hybridized carbons (Fsp3) is 0.568. The molecule has 0 aliphatic carbocycles. The van der Waals surface area contributed by atoms with Crippen molar-refractivity contribution >= 4 is 23.5 Å². The van der Waals surface area contributed by atoms with Gasteiger partial charge in [-0.3, -0.25) is 19.2 Å². The molecule has 248 valence electrons. The first-order valence-electron chi connectivity index (χ1n) is 15.5. The largest absolute Gasteiger partial charge is 0.507 e. The Labute approximate surface area is 268 Å². The number of phenolic OH excluding ortho intramolecular Hbond substituents is 2. The van der Waals surface area contributed by atoms with Gasteiger partial charge in [-0.05, 0) is 45.9 Å². The Kier molecular flexibility index (Phi) is 11.5. The first kappa shape index (κ1) is 37.5. The highest BCUT2D eigenvalue weighted by atomic mass is 16.7. The molecule has 0 amide bonds. The van der Waals surface area contributed by atoms with E-state index in [-0.39, 0.29) is 48.7 Å². The maximum atomic E-state index is 13.0. The number of benzene rings is 2. The molecule has 0 aromatic heterocycles. The number of phenols is 2. The molecule has 2 aromatic carbocycles. The highest BCUT2D eigenvalue weighted by molar-refractivity contribution is 5.99. The van der Waals surface area contributed by atoms with Crippen LogP contribution in [0.5, 0.6) is 11.5 Å². The number of carbonyl (C=O) groups excluding carboxylic acids is 4. The third-order valence-electron chi connectivity index (χ3n) is 7.65. The molecule has 8 nitrogen and oxygen atoms in total. The van der Waals surface area contributed by atoms with Gasteiger partial charge in [0.15, 0.2) is 11.6 Å². The molecule has 0 bridgehead atoms. The number of ether oxygens (including phenoxy) is 2. The maximum absolute atomic E-state index is 13.0. The standard InChI is InChI=1S/C37H52O8/c1-34(2,3)24-17-22(18-25(32(24)42)35(4,5)6)28(38)13-15-30(40)44-21-45-31(41)16-14-29(39)23-19-26(36(7,8)9)33(43)27(20-23)37(10,11)12/h17-20,42-43H,13-16,21H2,1-12H3. The summed E-state index contributed by atoms with van der Waals surface area (Å²) in [5.41, 5.74) is 1.83. The second-order valence-electron chi connectivity index (χ2n) is 15.8. The molecule has 2 rings (SSSR count). The Balaban J connectivity index is 1.95. The van der Waals surface area contributed by atoms with Crippen molar-refractivity contribution in [1.29, 1.82) is 0 Å². The van der Waals surface area contributed by atoms with E-state index in [1.54, 1.807) is 24.3 Å². The normalized spacial score (nSPS) is 12.5. The fourth-order valence-corrected chi connectivity index (χ4v) is 4.90. The third-order valence-corrected chi connectivity index (χ3v) is 7.65. The monoisotopic (exact) mass is 624 g/mol. The smallest absolute Gasteiger partial charge is 0.309 e. The molecule has 0 fully saturated rings. The van der Waals surface area contributed by atoms with Crippen LogP contribution in [0.3, 0.4) is 0 Å². The zero-order valence-corrected chi connectivity index (χ0v) is 29.2. The van der Waals surface area contributed by atoms with Crippen LogP contribution in [0.4, 0.5) is 0 Å². The number of aromatic hydroxyl groups is 2. The highest BCUT2D eigenvalue weighted by Crippen LogP contribution is 2.41. The number of rotatable bonds is 10. The Morgan fingerprint density at radius 2 is 0.733 bits per heavy atom. The molecule has 0 radical (unpaired) electrons. The summed E-state index contributed by atoms with van der Waals surface area (Å²) in [7, 11) is 0. The van der Waals surface area contributed by atoms with E-state index in [9.17, 15) is 29.4 Å². The molecule has 8 heteroatoms. The van der Waals surface area contributed by atoms with Crippen molar-refractivity contribution in [3.63, 3.8) is 0 Å². The van der Waals surface area contributed by atoms with E-state index in [2.05, 4.69) is 0 Å². The number of Topliss-reactive ketones (excluding diaryl/α,β-unsaturated/α-hetero) is 2. The first-order valence-corrected chi connectivity index (χ1v) is 15.5. The number of carbonyl (C=O) groups is 4. The average Bonchev–Trinajstić information content (AvgIpc) is 2.87. The Bertz CT molecular complexity index is 1260. The van der Waals surface area contributed by atoms with Crippen molar-refractivity contribution in [3.05, 3.63) is 57.6 Å². The summed E-state index contributed by atoms with van der Waals surface area (Å²) in [6, 6.07) is 6.70. The summed E-state index contributed by atoms with van der Waals surface area (Å²) in [6.45, 7) is 22.8. The highest BCUT2D eigenvalue weighted by Gasteiger charge is 2.29. The lowest BCUT2D eigenvalue weighted by Crippen LogP contribution is -2.19. The minimum atomic E-state index is -0.702. The van der Waals surface area contributed by atoms with Crippen molar-refractivity contribution in [3.8, 4) is 11.5 Å². The van der Waals surface area contributed by atoms with Crippen molar-refractivity contribution in [1.82, 2.24) is 0 Å². The van der Waals surface area contributed by atoms with Crippen LogP contribution in [-0.4, -0.2) is 40.5 Å². The van der Waals surface area contributed by atoms with E-state index in [0.717, 1.165) is 0 Å². The van der Waals surface area contributed by atoms with Gasteiger partial charge in [-0.2, -0.15) is 0 Å². The number of esters is 2. The van der Waals surface area contributed by atoms with Gasteiger partial charge in [0.2, 0.25) is 6.79 Å². The van der Waals surface area contributed by atoms with Crippen molar-refractivity contribution < 1.29 is 38.9 Å². The van der Waals surface area contributed by atoms with Crippen molar-refractivity contribution in [2.45, 2.75) is 130 Å². The summed E-state index contributed by atoms with van der Waals surface area (Å²) < 4.78 is 10.00. The van der Waals surface area contributed by atoms with E-state index >= 15 is 0 Å². The van der Waals surface area contributed by atoms with Crippen LogP contribution in [0.2, 0.25) is 0 Å². The summed E-state index contributed by atoms with van der Waals surface area (Å²) in [6.07, 6.45) is -0.644. The predicted octanol–water partition coefficient (Wildman–Crippen LogP) is 7.96. The Hall–Kier alpha value is -3.68. The van der Waals surface area contributed by atoms with Gasteiger partial charge >= 0.3 is 11.9 Å². The fourth-order valence-electron chi connectivity index (χ4n) is 4.90. The molecule has 0 aliphatic rings. The van der Waals surface area contributed by atoms with Crippen LogP contribution in [0.1, 0.15) is 152 Å². The second kappa shape index (κ2) is 13.8. The molecule has 0 saturated heterocycles. The molecule has 0 saturated carbocycles. The average molecular weight is 625 g/mol. The zero-order valence-electron chi connectivity index (χ0n) is 29.2. The summed E-state index contributed by atoms with van der Waals surface area (Å²) in [4.78, 5) is 50.6. The van der Waals surface area contributed by atoms with E-state index in [1.165, 1.54) is 0 Å². The van der Waals surface area contributed by atoms with Gasteiger partial charge in [-0.25, -0.2) is 0 Å². The molecule has 0 aliphatic heterocycles. The van der Waals surface area contributed by atoms with Crippen LogP contribution < -0.4 is 0 Å². The van der Waals surface area contributed by atoms with Gasteiger partial charge in [-0.1, -0.05) is 83.1 Å². The molecule has 0 unspecified atom stereocenters. The Morgan fingerprint density at radius 1 is 0.489 bits per heavy atom. The van der Waals surface area contributed by atoms with E-state index < -0.39 is 40.4 Å². The van der Waals surface area contributed by atoms with Crippen LogP contribution in [0.25, 0.3) is 0 Å². The predicted molar refractivity (Wildman–Crippen MR) is 175 cm³/mol. The van der Waals surface area contributed by atoms with Gasteiger partial charge in [0.05, 0.1) is 12.8 Å². The van der Waals surface area contributed by atoms with Crippen LogP contribution in [0, 0.1) is 0 Å². The topological polar surface area (TPSA) is 127 Å². The summed E-state index contributed by atoms with van der Waals surface area (Å²) >= 11 is 0. The lowest BCUT2D eigenvalue weighted by Gasteiger charge is -2.28. The van der Waals surface area contributed by atoms with Gasteiger partial charge in [0.25, 0.3) is 0 Å². The Morgan fingerprint density at radius 3 is 0.956 bits per heavy atom. The molecule has 2 aromatic rings. The molecule has 2 N–H and O–H groups in total.